The summed E-state index contributed by atoms with van der Waals surface area (Å²) in [5.74, 6) is 3.06. The van der Waals surface area contributed by atoms with Crippen LogP contribution in [0, 0.1) is 0 Å². The van der Waals surface area contributed by atoms with Gasteiger partial charge >= 0.3 is 0 Å². The molecule has 30 heavy (non-hydrogen) atoms. The number of ether oxygens (including phenoxy) is 4. The van der Waals surface area contributed by atoms with Crippen LogP contribution >= 0.6 is 0 Å². The van der Waals surface area contributed by atoms with Crippen molar-refractivity contribution in [2.45, 2.75) is 19.5 Å². The Morgan fingerprint density at radius 2 is 1.47 bits per heavy atom. The summed E-state index contributed by atoms with van der Waals surface area (Å²) in [6, 6.07) is 20.4. The molecule has 0 bridgehead atoms. The van der Waals surface area contributed by atoms with Crippen LogP contribution in [0.1, 0.15) is 24.1 Å². The highest BCUT2D eigenvalue weighted by atomic mass is 16.5. The van der Waals surface area contributed by atoms with Gasteiger partial charge in [-0.15, -0.1) is 0 Å². The minimum absolute atomic E-state index is 0.187. The van der Waals surface area contributed by atoms with Gasteiger partial charge in [-0.3, -0.25) is 0 Å². The number of benzene rings is 3. The fourth-order valence-corrected chi connectivity index (χ4v) is 3.39. The van der Waals surface area contributed by atoms with Crippen LogP contribution in [0.5, 0.6) is 23.0 Å². The zero-order chi connectivity index (χ0) is 21.5. The molecular weight excluding hydrogens is 378 g/mol. The summed E-state index contributed by atoms with van der Waals surface area (Å²) in [4.78, 5) is 0. The van der Waals surface area contributed by atoms with E-state index in [0.29, 0.717) is 11.5 Å². The van der Waals surface area contributed by atoms with Crippen molar-refractivity contribution in [2.24, 2.45) is 0 Å². The second-order valence-corrected chi connectivity index (χ2v) is 6.98. The molecule has 0 saturated carbocycles. The third-order valence-corrected chi connectivity index (χ3v) is 5.16. The summed E-state index contributed by atoms with van der Waals surface area (Å²) in [5.41, 5.74) is 4.36. The van der Waals surface area contributed by atoms with Gasteiger partial charge in [-0.2, -0.15) is 0 Å². The molecule has 0 aliphatic heterocycles. The summed E-state index contributed by atoms with van der Waals surface area (Å²) in [6.07, 6.45) is 0. The van der Waals surface area contributed by atoms with E-state index < -0.39 is 0 Å². The Balaban J connectivity index is 1.82. The lowest BCUT2D eigenvalue weighted by Crippen LogP contribution is -2.18. The van der Waals surface area contributed by atoms with E-state index in [1.165, 1.54) is 5.56 Å². The molecule has 0 aliphatic rings. The molecule has 0 unspecified atom stereocenters. The second kappa shape index (κ2) is 10.0. The first-order valence-corrected chi connectivity index (χ1v) is 9.86. The average Bonchev–Trinajstić information content (AvgIpc) is 2.81. The summed E-state index contributed by atoms with van der Waals surface area (Å²) < 4.78 is 21.7. The fourth-order valence-electron chi connectivity index (χ4n) is 3.39. The van der Waals surface area contributed by atoms with E-state index in [1.54, 1.807) is 28.4 Å². The Morgan fingerprint density at radius 3 is 2.17 bits per heavy atom. The van der Waals surface area contributed by atoms with E-state index in [2.05, 4.69) is 36.5 Å². The highest BCUT2D eigenvalue weighted by Crippen LogP contribution is 2.37. The van der Waals surface area contributed by atoms with Crippen molar-refractivity contribution in [2.75, 3.05) is 28.4 Å². The van der Waals surface area contributed by atoms with Gasteiger partial charge in [0, 0.05) is 18.2 Å². The molecular formula is C25H29NO4. The van der Waals surface area contributed by atoms with Crippen molar-refractivity contribution in [3.8, 4) is 34.1 Å². The van der Waals surface area contributed by atoms with Crippen LogP contribution in [0.2, 0.25) is 0 Å². The Kier molecular flexibility index (Phi) is 7.20. The van der Waals surface area contributed by atoms with Crippen molar-refractivity contribution in [3.63, 3.8) is 0 Å². The van der Waals surface area contributed by atoms with Gasteiger partial charge < -0.3 is 24.3 Å². The first-order valence-electron chi connectivity index (χ1n) is 9.86. The molecule has 0 radical (unpaired) electrons. The highest BCUT2D eigenvalue weighted by molar-refractivity contribution is 5.73. The van der Waals surface area contributed by atoms with Crippen LogP contribution in [-0.4, -0.2) is 28.4 Å². The number of hydrogen-bond acceptors (Lipinski definition) is 5. The fraction of sp³-hybridized carbons (Fsp3) is 0.280. The lowest BCUT2D eigenvalue weighted by molar-refractivity contribution is 0.355. The lowest BCUT2D eigenvalue weighted by atomic mass is 10.0. The highest BCUT2D eigenvalue weighted by Gasteiger charge is 2.12. The molecule has 0 aliphatic carbocycles. The Bertz CT molecular complexity index is 987. The number of rotatable bonds is 9. The summed E-state index contributed by atoms with van der Waals surface area (Å²) in [7, 11) is 6.64. The molecule has 1 N–H and O–H groups in total. The number of hydrogen-bond donors (Lipinski definition) is 1. The molecule has 3 aromatic carbocycles. The van der Waals surface area contributed by atoms with Crippen molar-refractivity contribution in [1.82, 2.24) is 5.32 Å². The third-order valence-electron chi connectivity index (χ3n) is 5.16. The van der Waals surface area contributed by atoms with Gasteiger partial charge in [-0.05, 0) is 60.0 Å². The van der Waals surface area contributed by atoms with Crippen LogP contribution < -0.4 is 24.3 Å². The van der Waals surface area contributed by atoms with E-state index in [-0.39, 0.29) is 6.04 Å². The van der Waals surface area contributed by atoms with Crippen molar-refractivity contribution >= 4 is 0 Å². The van der Waals surface area contributed by atoms with E-state index in [4.69, 9.17) is 18.9 Å². The third kappa shape index (κ3) is 4.86. The van der Waals surface area contributed by atoms with Crippen LogP contribution in [-0.2, 0) is 6.54 Å². The molecule has 5 nitrogen and oxygen atoms in total. The van der Waals surface area contributed by atoms with Crippen LogP contribution in [0.15, 0.2) is 60.7 Å². The van der Waals surface area contributed by atoms with Gasteiger partial charge in [0.25, 0.3) is 0 Å². The number of methoxy groups -OCH3 is 4. The molecule has 3 rings (SSSR count). The molecule has 0 saturated heterocycles. The molecule has 1 atom stereocenters. The normalized spacial score (nSPS) is 11.6. The minimum atomic E-state index is 0.187. The van der Waals surface area contributed by atoms with E-state index in [1.807, 2.05) is 36.4 Å². The lowest BCUT2D eigenvalue weighted by Gasteiger charge is -2.17. The first-order chi connectivity index (χ1) is 14.6. The molecule has 0 amide bonds. The molecule has 0 spiro atoms. The molecule has 5 heteroatoms. The van der Waals surface area contributed by atoms with Gasteiger partial charge in [0.05, 0.1) is 28.4 Å². The molecule has 0 heterocycles. The van der Waals surface area contributed by atoms with Crippen molar-refractivity contribution < 1.29 is 18.9 Å². The molecule has 0 aromatic heterocycles. The predicted octanol–water partition coefficient (Wildman–Crippen LogP) is 5.24. The van der Waals surface area contributed by atoms with Gasteiger partial charge in [0.15, 0.2) is 11.5 Å². The van der Waals surface area contributed by atoms with Crippen LogP contribution in [0.4, 0.5) is 0 Å². The minimum Gasteiger partial charge on any atom is -0.497 e. The van der Waals surface area contributed by atoms with E-state index in [0.717, 1.165) is 34.7 Å². The first kappa shape index (κ1) is 21.5. The second-order valence-electron chi connectivity index (χ2n) is 6.98. The quantitative estimate of drug-likeness (QED) is 0.526. The zero-order valence-electron chi connectivity index (χ0n) is 18.2. The summed E-state index contributed by atoms with van der Waals surface area (Å²) in [6.45, 7) is 2.87. The van der Waals surface area contributed by atoms with Gasteiger partial charge in [0.2, 0.25) is 0 Å². The van der Waals surface area contributed by atoms with Crippen LogP contribution in [0.25, 0.3) is 11.1 Å². The van der Waals surface area contributed by atoms with Gasteiger partial charge in [0.1, 0.15) is 11.5 Å². The SMILES string of the molecule is COc1cccc([C@@H](C)NCc2ccc(OC)c(-c3ccc(OC)c(OC)c3)c2)c1. The maximum absolute atomic E-state index is 5.60. The maximum Gasteiger partial charge on any atom is 0.161 e. The van der Waals surface area contributed by atoms with Gasteiger partial charge in [-0.1, -0.05) is 24.3 Å². The standard InChI is InChI=1S/C25H29NO4/c1-17(19-7-6-8-21(14-19)27-2)26-16-18-9-11-23(28-3)22(13-18)20-10-12-24(29-4)25(15-20)30-5/h6-15,17,26H,16H2,1-5H3/t17-/m1/s1. The largest absolute Gasteiger partial charge is 0.497 e. The van der Waals surface area contributed by atoms with Crippen molar-refractivity contribution in [3.05, 3.63) is 71.8 Å². The monoisotopic (exact) mass is 407 g/mol. The number of nitrogens with one attached hydrogen (secondary N) is 1. The molecule has 3 aromatic rings. The zero-order valence-corrected chi connectivity index (χ0v) is 18.2. The average molecular weight is 408 g/mol. The maximum atomic E-state index is 5.60. The van der Waals surface area contributed by atoms with Gasteiger partial charge in [-0.25, -0.2) is 0 Å². The molecule has 0 fully saturated rings. The molecule has 158 valence electrons. The van der Waals surface area contributed by atoms with Crippen molar-refractivity contribution in [1.29, 1.82) is 0 Å². The van der Waals surface area contributed by atoms with E-state index >= 15 is 0 Å². The topological polar surface area (TPSA) is 49.0 Å². The smallest absolute Gasteiger partial charge is 0.161 e. The Hall–Kier alpha value is -3.18. The van der Waals surface area contributed by atoms with Crippen LogP contribution in [0.3, 0.4) is 0 Å². The summed E-state index contributed by atoms with van der Waals surface area (Å²) in [5, 5.41) is 3.58. The summed E-state index contributed by atoms with van der Waals surface area (Å²) >= 11 is 0. The predicted molar refractivity (Wildman–Crippen MR) is 120 cm³/mol. The Labute approximate surface area is 178 Å². The Morgan fingerprint density at radius 1 is 0.733 bits per heavy atom. The van der Waals surface area contributed by atoms with E-state index in [9.17, 15) is 0 Å².